The second-order valence-corrected chi connectivity index (χ2v) is 8.18. The lowest BCUT2D eigenvalue weighted by molar-refractivity contribution is -0.120. The molecule has 0 aliphatic heterocycles. The zero-order valence-corrected chi connectivity index (χ0v) is 17.3. The van der Waals surface area contributed by atoms with Gasteiger partial charge in [-0.15, -0.1) is 11.3 Å². The van der Waals surface area contributed by atoms with E-state index in [1.54, 1.807) is 11.3 Å². The number of thiophene rings is 1. The summed E-state index contributed by atoms with van der Waals surface area (Å²) in [7, 11) is 0. The number of carbonyl (C=O) groups excluding carboxylic acids is 2. The number of nitrogens with one attached hydrogen (secondary N) is 1. The van der Waals surface area contributed by atoms with Crippen molar-refractivity contribution >= 4 is 28.2 Å². The van der Waals surface area contributed by atoms with Crippen LogP contribution in [0.25, 0.3) is 0 Å². The normalized spacial score (nSPS) is 15.5. The molecule has 0 unspecified atom stereocenters. The molecule has 26 heavy (non-hydrogen) atoms. The molecule has 4 nitrogen and oxygen atoms in total. The van der Waals surface area contributed by atoms with Crippen LogP contribution in [0.4, 0.5) is 5.00 Å². The van der Waals surface area contributed by atoms with Crippen LogP contribution in [0.3, 0.4) is 0 Å². The number of rotatable bonds is 8. The minimum atomic E-state index is -0.289. The van der Waals surface area contributed by atoms with Crippen LogP contribution < -0.4 is 5.32 Å². The van der Waals surface area contributed by atoms with Crippen LogP contribution in [-0.4, -0.2) is 18.5 Å². The third-order valence-electron chi connectivity index (χ3n) is 5.16. The maximum Gasteiger partial charge on any atom is 0.341 e. The fraction of sp³-hybridized carbons (Fsp3) is 0.714. The summed E-state index contributed by atoms with van der Waals surface area (Å²) < 4.78 is 5.31. The van der Waals surface area contributed by atoms with Crippen LogP contribution in [0.2, 0.25) is 0 Å². The predicted molar refractivity (Wildman–Crippen MR) is 108 cm³/mol. The molecule has 0 saturated heterocycles. The van der Waals surface area contributed by atoms with Gasteiger partial charge in [0.2, 0.25) is 5.91 Å². The highest BCUT2D eigenvalue weighted by Crippen LogP contribution is 2.38. The second-order valence-electron chi connectivity index (χ2n) is 7.08. The molecule has 2 rings (SSSR count). The van der Waals surface area contributed by atoms with Crippen molar-refractivity contribution in [2.75, 3.05) is 11.9 Å². The lowest BCUT2D eigenvalue weighted by atomic mass is 9.96. The van der Waals surface area contributed by atoms with Gasteiger partial charge in [-0.05, 0) is 51.0 Å². The van der Waals surface area contributed by atoms with Crippen LogP contribution in [0.15, 0.2) is 0 Å². The first-order valence-electron chi connectivity index (χ1n) is 10.2. The molecule has 1 aliphatic carbocycles. The molecule has 1 amide bonds. The first-order chi connectivity index (χ1) is 12.6. The fourth-order valence-corrected chi connectivity index (χ4v) is 4.89. The molecular formula is C21H33NO3S. The molecule has 1 heterocycles. The SMILES string of the molecule is CCCC[C@@H](CC)C(=O)Nc1sc2c(c1C(=O)OCC)CCCCCC2. The van der Waals surface area contributed by atoms with Gasteiger partial charge in [-0.3, -0.25) is 4.79 Å². The number of hydrogen-bond acceptors (Lipinski definition) is 4. The molecule has 1 aromatic heterocycles. The molecule has 0 saturated carbocycles. The van der Waals surface area contributed by atoms with Crippen molar-refractivity contribution in [3.63, 3.8) is 0 Å². The molecule has 0 spiro atoms. The highest BCUT2D eigenvalue weighted by Gasteiger charge is 2.27. The molecule has 0 radical (unpaired) electrons. The summed E-state index contributed by atoms with van der Waals surface area (Å²) in [4.78, 5) is 26.7. The standard InChI is InChI=1S/C21H33NO3S/c1-4-7-12-15(5-2)19(23)22-20-18(21(24)25-6-3)16-13-10-8-9-11-14-17(16)26-20/h15H,4-14H2,1-3H3,(H,22,23)/t15-/m1/s1. The molecule has 1 atom stereocenters. The van der Waals surface area contributed by atoms with E-state index in [0.29, 0.717) is 17.2 Å². The van der Waals surface area contributed by atoms with Crippen LogP contribution in [0.1, 0.15) is 92.9 Å². The number of ether oxygens (including phenoxy) is 1. The third-order valence-corrected chi connectivity index (χ3v) is 6.36. The highest BCUT2D eigenvalue weighted by molar-refractivity contribution is 7.17. The summed E-state index contributed by atoms with van der Waals surface area (Å²) >= 11 is 1.59. The zero-order valence-electron chi connectivity index (χ0n) is 16.5. The lowest BCUT2D eigenvalue weighted by Crippen LogP contribution is -2.23. The molecular weight excluding hydrogens is 346 g/mol. The Bertz CT molecular complexity index is 609. The minimum absolute atomic E-state index is 0.00896. The fourth-order valence-electron chi connectivity index (χ4n) is 3.61. The summed E-state index contributed by atoms with van der Waals surface area (Å²) in [5.74, 6) is -0.238. The quantitative estimate of drug-likeness (QED) is 0.586. The highest BCUT2D eigenvalue weighted by atomic mass is 32.1. The molecule has 0 bridgehead atoms. The molecule has 5 heteroatoms. The Morgan fingerprint density at radius 1 is 1.12 bits per heavy atom. The first-order valence-corrected chi connectivity index (χ1v) is 11.1. The number of esters is 1. The number of aryl methyl sites for hydroxylation is 1. The van der Waals surface area contributed by atoms with Crippen molar-refractivity contribution < 1.29 is 14.3 Å². The average Bonchev–Trinajstić information content (AvgIpc) is 2.92. The summed E-state index contributed by atoms with van der Waals surface area (Å²) in [6.45, 7) is 6.37. The maximum absolute atomic E-state index is 12.8. The lowest BCUT2D eigenvalue weighted by Gasteiger charge is -2.15. The van der Waals surface area contributed by atoms with Crippen molar-refractivity contribution in [1.82, 2.24) is 0 Å². The van der Waals surface area contributed by atoms with Crippen LogP contribution in [0.5, 0.6) is 0 Å². The maximum atomic E-state index is 12.8. The third kappa shape index (κ3) is 5.32. The number of amides is 1. The largest absolute Gasteiger partial charge is 0.462 e. The first kappa shape index (κ1) is 20.9. The van der Waals surface area contributed by atoms with Crippen molar-refractivity contribution in [2.45, 2.75) is 85.0 Å². The van der Waals surface area contributed by atoms with Crippen molar-refractivity contribution in [3.05, 3.63) is 16.0 Å². The topological polar surface area (TPSA) is 55.4 Å². The van der Waals surface area contributed by atoms with Crippen LogP contribution >= 0.6 is 11.3 Å². The van der Waals surface area contributed by atoms with Crippen molar-refractivity contribution in [1.29, 1.82) is 0 Å². The summed E-state index contributed by atoms with van der Waals surface area (Å²) in [6, 6.07) is 0. The molecule has 1 N–H and O–H groups in total. The second kappa shape index (κ2) is 10.7. The van der Waals surface area contributed by atoms with Gasteiger partial charge < -0.3 is 10.1 Å². The number of fused-ring (bicyclic) bond motifs is 1. The van der Waals surface area contributed by atoms with E-state index in [9.17, 15) is 9.59 Å². The minimum Gasteiger partial charge on any atom is -0.462 e. The average molecular weight is 380 g/mol. The van der Waals surface area contributed by atoms with E-state index in [1.807, 2.05) is 6.92 Å². The van der Waals surface area contributed by atoms with Gasteiger partial charge in [0, 0.05) is 10.8 Å². The van der Waals surface area contributed by atoms with Gasteiger partial charge in [0.15, 0.2) is 0 Å². The van der Waals surface area contributed by atoms with Gasteiger partial charge in [-0.2, -0.15) is 0 Å². The zero-order chi connectivity index (χ0) is 18.9. The van der Waals surface area contributed by atoms with Gasteiger partial charge in [0.1, 0.15) is 5.00 Å². The Hall–Kier alpha value is -1.36. The van der Waals surface area contributed by atoms with Crippen molar-refractivity contribution in [3.8, 4) is 0 Å². The van der Waals surface area contributed by atoms with E-state index in [2.05, 4.69) is 19.2 Å². The van der Waals surface area contributed by atoms with Gasteiger partial charge in [0.25, 0.3) is 0 Å². The van der Waals surface area contributed by atoms with Crippen molar-refractivity contribution in [2.24, 2.45) is 5.92 Å². The molecule has 1 aliphatic rings. The Morgan fingerprint density at radius 2 is 1.85 bits per heavy atom. The van der Waals surface area contributed by atoms with Gasteiger partial charge in [-0.1, -0.05) is 39.5 Å². The number of hydrogen-bond donors (Lipinski definition) is 1. The number of carbonyl (C=O) groups is 2. The van der Waals surface area contributed by atoms with E-state index in [4.69, 9.17) is 4.74 Å². The van der Waals surface area contributed by atoms with E-state index in [1.165, 1.54) is 17.7 Å². The van der Waals surface area contributed by atoms with E-state index < -0.39 is 0 Å². The van der Waals surface area contributed by atoms with Gasteiger partial charge in [-0.25, -0.2) is 4.79 Å². The Kier molecular flexibility index (Phi) is 8.63. The smallest absolute Gasteiger partial charge is 0.341 e. The number of unbranched alkanes of at least 4 members (excludes halogenated alkanes) is 1. The van der Waals surface area contributed by atoms with Gasteiger partial charge >= 0.3 is 5.97 Å². The van der Waals surface area contributed by atoms with E-state index in [0.717, 1.165) is 56.9 Å². The van der Waals surface area contributed by atoms with E-state index in [-0.39, 0.29) is 17.8 Å². The van der Waals surface area contributed by atoms with E-state index >= 15 is 0 Å². The summed E-state index contributed by atoms with van der Waals surface area (Å²) in [5, 5.41) is 3.79. The Morgan fingerprint density at radius 3 is 2.50 bits per heavy atom. The number of anilines is 1. The molecule has 146 valence electrons. The molecule has 0 fully saturated rings. The van der Waals surface area contributed by atoms with Crippen LogP contribution in [-0.2, 0) is 22.4 Å². The van der Waals surface area contributed by atoms with Gasteiger partial charge in [0.05, 0.1) is 12.2 Å². The Labute approximate surface area is 161 Å². The predicted octanol–water partition coefficient (Wildman–Crippen LogP) is 5.74. The van der Waals surface area contributed by atoms with Crippen LogP contribution in [0, 0.1) is 5.92 Å². The summed E-state index contributed by atoms with van der Waals surface area (Å²) in [6.07, 6.45) is 10.5. The Balaban J connectivity index is 2.29. The summed E-state index contributed by atoms with van der Waals surface area (Å²) in [5.41, 5.74) is 1.73. The monoisotopic (exact) mass is 379 g/mol. The molecule has 1 aromatic rings. The molecule has 0 aromatic carbocycles.